The van der Waals surface area contributed by atoms with Crippen molar-refractivity contribution in [2.24, 2.45) is 40.4 Å². The van der Waals surface area contributed by atoms with Crippen LogP contribution in [0.1, 0.15) is 66.7 Å². The third-order valence-corrected chi connectivity index (χ3v) is 9.72. The van der Waals surface area contributed by atoms with Crippen LogP contribution in [-0.2, 0) is 14.2 Å². The van der Waals surface area contributed by atoms with Gasteiger partial charge in [-0.2, -0.15) is 0 Å². The van der Waals surface area contributed by atoms with Crippen molar-refractivity contribution in [3.8, 4) is 0 Å². The fourth-order valence-corrected chi connectivity index (χ4v) is 8.19. The van der Waals surface area contributed by atoms with Crippen LogP contribution in [0.4, 0.5) is 0 Å². The van der Waals surface area contributed by atoms with Crippen molar-refractivity contribution in [1.82, 2.24) is 0 Å². The van der Waals surface area contributed by atoms with E-state index in [0.717, 1.165) is 43.3 Å². The van der Waals surface area contributed by atoms with Crippen molar-refractivity contribution in [1.29, 1.82) is 0 Å². The average Bonchev–Trinajstić information content (AvgIpc) is 3.41. The molecule has 162 valence electrons. The van der Waals surface area contributed by atoms with E-state index >= 15 is 0 Å². The van der Waals surface area contributed by atoms with Crippen molar-refractivity contribution in [2.75, 3.05) is 13.2 Å². The number of rotatable bonds is 6. The molecule has 3 heteroatoms. The Morgan fingerprint density at radius 3 is 2.76 bits per heavy atom. The number of ether oxygens (including phenoxy) is 3. The number of allylic oxidation sites excluding steroid dienone is 2. The Kier molecular flexibility index (Phi) is 5.04. The first-order chi connectivity index (χ1) is 13.9. The van der Waals surface area contributed by atoms with E-state index in [1.807, 2.05) is 13.8 Å². The highest BCUT2D eigenvalue weighted by Crippen LogP contribution is 2.68. The van der Waals surface area contributed by atoms with E-state index < -0.39 is 0 Å². The van der Waals surface area contributed by atoms with Gasteiger partial charge in [-0.05, 0) is 86.5 Å². The molecule has 0 spiro atoms. The smallest absolute Gasteiger partial charge is 0.154 e. The predicted octanol–water partition coefficient (Wildman–Crippen LogP) is 5.75. The molecule has 1 saturated heterocycles. The summed E-state index contributed by atoms with van der Waals surface area (Å²) in [6.45, 7) is 13.1. The molecule has 5 aliphatic rings. The second kappa shape index (κ2) is 7.21. The Bertz CT molecular complexity index is 698. The van der Waals surface area contributed by atoms with Gasteiger partial charge in [-0.15, -0.1) is 0 Å². The third kappa shape index (κ3) is 3.02. The van der Waals surface area contributed by atoms with Crippen LogP contribution in [0, 0.1) is 40.4 Å². The normalized spacial score (nSPS) is 49.3. The minimum Gasteiger partial charge on any atom is -0.368 e. The van der Waals surface area contributed by atoms with Crippen LogP contribution in [0.15, 0.2) is 23.8 Å². The zero-order valence-corrected chi connectivity index (χ0v) is 19.0. The first-order valence-corrected chi connectivity index (χ1v) is 12.2. The average molecular weight is 401 g/mol. The van der Waals surface area contributed by atoms with Crippen molar-refractivity contribution >= 4 is 0 Å². The van der Waals surface area contributed by atoms with Gasteiger partial charge in [-0.3, -0.25) is 0 Å². The molecule has 2 saturated carbocycles. The molecular formula is C26H40O3. The van der Waals surface area contributed by atoms with E-state index in [1.165, 1.54) is 25.7 Å². The molecule has 0 aromatic carbocycles. The molecule has 3 fully saturated rings. The van der Waals surface area contributed by atoms with Gasteiger partial charge in [-0.25, -0.2) is 0 Å². The standard InChI is InChI=1S/C26H40O3/c1-6-27-17(3)28-15-16(2)20-10-11-21-19-9-7-18-8-12-23-24(29-23)26(18,5)22(19)13-14-25(20,21)4/h7-9,16-17,19-24H,6,10-15H2,1-5H3/t16-,17?,19+,20-,21+,22+,23+,24+,25-,26+/m1/s1. The lowest BCUT2D eigenvalue weighted by Crippen LogP contribution is -2.51. The summed E-state index contributed by atoms with van der Waals surface area (Å²) in [4.78, 5) is 0. The van der Waals surface area contributed by atoms with E-state index in [2.05, 4.69) is 39.0 Å². The summed E-state index contributed by atoms with van der Waals surface area (Å²) in [7, 11) is 0. The van der Waals surface area contributed by atoms with Crippen LogP contribution < -0.4 is 0 Å². The van der Waals surface area contributed by atoms with Crippen LogP contribution in [0.5, 0.6) is 0 Å². The summed E-state index contributed by atoms with van der Waals surface area (Å²) in [6.07, 6.45) is 15.0. The van der Waals surface area contributed by atoms with Crippen LogP contribution >= 0.6 is 0 Å². The zero-order chi connectivity index (χ0) is 20.4. The van der Waals surface area contributed by atoms with E-state index in [9.17, 15) is 0 Å². The van der Waals surface area contributed by atoms with Gasteiger partial charge in [0.2, 0.25) is 0 Å². The Hall–Kier alpha value is -0.640. The summed E-state index contributed by atoms with van der Waals surface area (Å²) < 4.78 is 17.8. The van der Waals surface area contributed by atoms with Gasteiger partial charge >= 0.3 is 0 Å². The van der Waals surface area contributed by atoms with E-state index in [0.29, 0.717) is 23.5 Å². The molecule has 1 unspecified atom stereocenters. The van der Waals surface area contributed by atoms with E-state index in [4.69, 9.17) is 14.2 Å². The van der Waals surface area contributed by atoms with Gasteiger partial charge in [0.1, 0.15) is 0 Å². The molecule has 0 amide bonds. The Labute approximate surface area is 177 Å². The molecular weight excluding hydrogens is 360 g/mol. The molecule has 10 atom stereocenters. The fourth-order valence-electron chi connectivity index (χ4n) is 8.19. The number of hydrogen-bond donors (Lipinski definition) is 0. The molecule has 3 nitrogen and oxygen atoms in total. The Morgan fingerprint density at radius 2 is 1.97 bits per heavy atom. The quantitative estimate of drug-likeness (QED) is 0.420. The second-order valence-corrected chi connectivity index (χ2v) is 11.0. The second-order valence-electron chi connectivity index (χ2n) is 11.0. The topological polar surface area (TPSA) is 31.0 Å². The van der Waals surface area contributed by atoms with E-state index in [-0.39, 0.29) is 11.7 Å². The molecule has 5 rings (SSSR count). The molecule has 1 aliphatic heterocycles. The maximum absolute atomic E-state index is 6.15. The first kappa shape index (κ1) is 20.3. The summed E-state index contributed by atoms with van der Waals surface area (Å²) in [5.74, 6) is 3.65. The summed E-state index contributed by atoms with van der Waals surface area (Å²) in [6, 6.07) is 0. The SMILES string of the molecule is CCOC(C)OC[C@@H](C)[C@H]1CC[C@H]2[C@@H]3C=CC4=CC[C@@H]5O[C@@H]5[C@]4(C)[C@H]3CC[C@]12C. The minimum atomic E-state index is -0.0904. The molecule has 0 aromatic heterocycles. The lowest BCUT2D eigenvalue weighted by Gasteiger charge is -2.56. The highest BCUT2D eigenvalue weighted by molar-refractivity contribution is 5.40. The Morgan fingerprint density at radius 1 is 1.14 bits per heavy atom. The molecule has 0 bridgehead atoms. The number of hydrogen-bond acceptors (Lipinski definition) is 3. The minimum absolute atomic E-state index is 0.0904. The lowest BCUT2D eigenvalue weighted by atomic mass is 9.48. The fraction of sp³-hybridized carbons (Fsp3) is 0.846. The lowest BCUT2D eigenvalue weighted by molar-refractivity contribution is -0.142. The molecule has 0 aromatic rings. The number of fused-ring (bicyclic) bond motifs is 7. The third-order valence-electron chi connectivity index (χ3n) is 9.72. The van der Waals surface area contributed by atoms with Crippen molar-refractivity contribution in [2.45, 2.75) is 85.2 Å². The van der Waals surface area contributed by atoms with Crippen LogP contribution in [0.25, 0.3) is 0 Å². The van der Waals surface area contributed by atoms with Crippen LogP contribution in [0.3, 0.4) is 0 Å². The van der Waals surface area contributed by atoms with Crippen molar-refractivity contribution in [3.05, 3.63) is 23.8 Å². The zero-order valence-electron chi connectivity index (χ0n) is 19.0. The highest BCUT2D eigenvalue weighted by atomic mass is 16.7. The van der Waals surface area contributed by atoms with Gasteiger partial charge in [-0.1, -0.05) is 39.0 Å². The van der Waals surface area contributed by atoms with Crippen molar-refractivity contribution in [3.63, 3.8) is 0 Å². The van der Waals surface area contributed by atoms with Gasteiger partial charge in [0.25, 0.3) is 0 Å². The first-order valence-electron chi connectivity index (χ1n) is 12.2. The Balaban J connectivity index is 1.33. The van der Waals surface area contributed by atoms with Crippen LogP contribution in [-0.4, -0.2) is 31.7 Å². The molecule has 29 heavy (non-hydrogen) atoms. The van der Waals surface area contributed by atoms with Crippen LogP contribution in [0.2, 0.25) is 0 Å². The summed E-state index contributed by atoms with van der Waals surface area (Å²) in [5.41, 5.74) is 2.27. The van der Waals surface area contributed by atoms with Gasteiger partial charge in [0, 0.05) is 12.0 Å². The maximum Gasteiger partial charge on any atom is 0.154 e. The monoisotopic (exact) mass is 400 g/mol. The molecule has 0 radical (unpaired) electrons. The van der Waals surface area contributed by atoms with E-state index in [1.54, 1.807) is 5.57 Å². The summed E-state index contributed by atoms with van der Waals surface area (Å²) >= 11 is 0. The highest BCUT2D eigenvalue weighted by Gasteiger charge is 2.64. The predicted molar refractivity (Wildman–Crippen MR) is 115 cm³/mol. The van der Waals surface area contributed by atoms with Gasteiger partial charge in [0.05, 0.1) is 18.8 Å². The molecule has 0 N–H and O–H groups in total. The van der Waals surface area contributed by atoms with Gasteiger partial charge < -0.3 is 14.2 Å². The maximum atomic E-state index is 6.15. The summed E-state index contributed by atoms with van der Waals surface area (Å²) in [5, 5.41) is 0. The molecule has 1 heterocycles. The molecule has 4 aliphatic carbocycles. The number of epoxide rings is 1. The van der Waals surface area contributed by atoms with Gasteiger partial charge in [0.15, 0.2) is 6.29 Å². The van der Waals surface area contributed by atoms with Crippen molar-refractivity contribution < 1.29 is 14.2 Å². The largest absolute Gasteiger partial charge is 0.368 e.